The molecule has 1 fully saturated rings. The molecule has 0 amide bonds. The second-order valence-corrected chi connectivity index (χ2v) is 6.30. The van der Waals surface area contributed by atoms with E-state index in [9.17, 15) is 0 Å². The van der Waals surface area contributed by atoms with Crippen LogP contribution in [0.3, 0.4) is 0 Å². The van der Waals surface area contributed by atoms with Crippen molar-refractivity contribution in [2.24, 2.45) is 5.73 Å². The van der Waals surface area contributed by atoms with Gasteiger partial charge in [0.2, 0.25) is 0 Å². The van der Waals surface area contributed by atoms with Gasteiger partial charge in [-0.25, -0.2) is 4.98 Å². The van der Waals surface area contributed by atoms with E-state index < -0.39 is 0 Å². The van der Waals surface area contributed by atoms with Crippen LogP contribution in [0.2, 0.25) is 0 Å². The number of hydrogen-bond acceptors (Lipinski definition) is 5. The molecule has 0 aromatic carbocycles. The first kappa shape index (κ1) is 15.8. The standard InChI is InChI=1S/C16H23N3OS/c1-12(17)11-21-13(2)10-19-16-15(8-5-9-18-16)20-14-6-3-4-7-14/h5,8-9,11,14H,2-4,6-7,10,17H2,1H3,(H,18,19)/b12-11-. The van der Waals surface area contributed by atoms with Gasteiger partial charge in [-0.3, -0.25) is 0 Å². The van der Waals surface area contributed by atoms with Crippen molar-refractivity contribution in [3.05, 3.63) is 40.9 Å². The van der Waals surface area contributed by atoms with E-state index in [1.165, 1.54) is 24.6 Å². The van der Waals surface area contributed by atoms with Crippen molar-refractivity contribution in [3.8, 4) is 5.75 Å². The average Bonchev–Trinajstić information content (AvgIpc) is 2.97. The summed E-state index contributed by atoms with van der Waals surface area (Å²) in [4.78, 5) is 5.34. The highest BCUT2D eigenvalue weighted by Gasteiger charge is 2.18. The van der Waals surface area contributed by atoms with Crippen molar-refractivity contribution in [2.45, 2.75) is 38.7 Å². The molecular formula is C16H23N3OS. The van der Waals surface area contributed by atoms with E-state index >= 15 is 0 Å². The van der Waals surface area contributed by atoms with Gasteiger partial charge in [0.25, 0.3) is 0 Å². The molecule has 1 aromatic heterocycles. The van der Waals surface area contributed by atoms with E-state index in [0.717, 1.165) is 35.0 Å². The number of aromatic nitrogens is 1. The molecule has 0 bridgehead atoms. The Morgan fingerprint density at radius 1 is 1.57 bits per heavy atom. The van der Waals surface area contributed by atoms with Gasteiger partial charge in [-0.05, 0) is 50.1 Å². The highest BCUT2D eigenvalue weighted by Crippen LogP contribution is 2.28. The summed E-state index contributed by atoms with van der Waals surface area (Å²) in [6.07, 6.45) is 6.88. The number of thioether (sulfide) groups is 1. The molecule has 1 aliphatic carbocycles. The van der Waals surface area contributed by atoms with Crippen LogP contribution in [0.15, 0.2) is 40.9 Å². The lowest BCUT2D eigenvalue weighted by Crippen LogP contribution is -2.13. The van der Waals surface area contributed by atoms with Crippen LogP contribution in [-0.4, -0.2) is 17.6 Å². The van der Waals surface area contributed by atoms with Crippen LogP contribution in [0.4, 0.5) is 5.82 Å². The van der Waals surface area contributed by atoms with Gasteiger partial charge in [0.1, 0.15) is 0 Å². The highest BCUT2D eigenvalue weighted by molar-refractivity contribution is 8.05. The van der Waals surface area contributed by atoms with Crippen molar-refractivity contribution < 1.29 is 4.74 Å². The maximum Gasteiger partial charge on any atom is 0.169 e. The largest absolute Gasteiger partial charge is 0.487 e. The number of nitrogens with one attached hydrogen (secondary N) is 1. The van der Waals surface area contributed by atoms with Gasteiger partial charge in [-0.15, -0.1) is 0 Å². The maximum atomic E-state index is 6.04. The molecule has 1 heterocycles. The van der Waals surface area contributed by atoms with E-state index in [-0.39, 0.29) is 0 Å². The van der Waals surface area contributed by atoms with Gasteiger partial charge < -0.3 is 15.8 Å². The van der Waals surface area contributed by atoms with E-state index in [1.54, 1.807) is 6.20 Å². The van der Waals surface area contributed by atoms with Gasteiger partial charge in [-0.2, -0.15) is 0 Å². The predicted molar refractivity (Wildman–Crippen MR) is 90.3 cm³/mol. The third kappa shape index (κ3) is 5.34. The number of rotatable bonds is 7. The van der Waals surface area contributed by atoms with Crippen LogP contribution in [-0.2, 0) is 0 Å². The molecule has 0 aliphatic heterocycles. The van der Waals surface area contributed by atoms with Crippen LogP contribution in [0, 0.1) is 0 Å². The summed E-state index contributed by atoms with van der Waals surface area (Å²) in [6.45, 7) is 6.50. The fraction of sp³-hybridized carbons (Fsp3) is 0.438. The monoisotopic (exact) mass is 305 g/mol. The van der Waals surface area contributed by atoms with Crippen LogP contribution in [0.1, 0.15) is 32.6 Å². The Balaban J connectivity index is 1.90. The number of ether oxygens (including phenoxy) is 1. The average molecular weight is 305 g/mol. The Hall–Kier alpha value is -1.62. The number of allylic oxidation sites excluding steroid dienone is 1. The third-order valence-electron chi connectivity index (χ3n) is 3.23. The molecule has 0 saturated heterocycles. The first-order valence-corrected chi connectivity index (χ1v) is 8.15. The molecule has 0 spiro atoms. The molecule has 1 saturated carbocycles. The van der Waals surface area contributed by atoms with E-state index in [2.05, 4.69) is 16.9 Å². The van der Waals surface area contributed by atoms with Gasteiger partial charge in [0.05, 0.1) is 6.10 Å². The Morgan fingerprint density at radius 3 is 3.05 bits per heavy atom. The minimum atomic E-state index is 0.329. The van der Waals surface area contributed by atoms with E-state index in [0.29, 0.717) is 12.6 Å². The van der Waals surface area contributed by atoms with Gasteiger partial charge >= 0.3 is 0 Å². The molecule has 21 heavy (non-hydrogen) atoms. The molecule has 0 atom stereocenters. The minimum Gasteiger partial charge on any atom is -0.487 e. The summed E-state index contributed by atoms with van der Waals surface area (Å²) in [5.74, 6) is 1.60. The number of nitrogens with two attached hydrogens (primary N) is 1. The summed E-state index contributed by atoms with van der Waals surface area (Å²) in [5, 5.41) is 5.17. The van der Waals surface area contributed by atoms with Crippen molar-refractivity contribution in [3.63, 3.8) is 0 Å². The summed E-state index contributed by atoms with van der Waals surface area (Å²) in [5.41, 5.74) is 6.39. The topological polar surface area (TPSA) is 60.2 Å². The number of hydrogen-bond donors (Lipinski definition) is 2. The molecule has 114 valence electrons. The first-order chi connectivity index (χ1) is 10.1. The zero-order valence-corrected chi connectivity index (χ0v) is 13.3. The Bertz CT molecular complexity index is 506. The van der Waals surface area contributed by atoms with Crippen molar-refractivity contribution in [1.82, 2.24) is 4.98 Å². The number of pyridine rings is 1. The first-order valence-electron chi connectivity index (χ1n) is 7.27. The third-order valence-corrected chi connectivity index (χ3v) is 4.20. The smallest absolute Gasteiger partial charge is 0.169 e. The van der Waals surface area contributed by atoms with E-state index in [1.807, 2.05) is 24.5 Å². The number of anilines is 1. The molecule has 5 heteroatoms. The summed E-state index contributed by atoms with van der Waals surface area (Å²) >= 11 is 1.53. The summed E-state index contributed by atoms with van der Waals surface area (Å²) in [6, 6.07) is 3.87. The molecule has 2 rings (SSSR count). The van der Waals surface area contributed by atoms with Gasteiger partial charge in [-0.1, -0.05) is 18.3 Å². The van der Waals surface area contributed by atoms with Crippen molar-refractivity contribution in [1.29, 1.82) is 0 Å². The molecule has 0 radical (unpaired) electrons. The SMILES string of the molecule is C=C(CNc1ncccc1OC1CCCC1)S/C=C(/C)N. The lowest BCUT2D eigenvalue weighted by atomic mass is 10.3. The molecule has 3 N–H and O–H groups in total. The normalized spacial score (nSPS) is 16.0. The zero-order chi connectivity index (χ0) is 15.1. The minimum absolute atomic E-state index is 0.329. The molecule has 4 nitrogen and oxygen atoms in total. The molecular weight excluding hydrogens is 282 g/mol. The molecule has 1 aromatic rings. The Labute approximate surface area is 130 Å². The lowest BCUT2D eigenvalue weighted by Gasteiger charge is -2.16. The summed E-state index contributed by atoms with van der Waals surface area (Å²) < 4.78 is 6.04. The zero-order valence-electron chi connectivity index (χ0n) is 12.5. The highest BCUT2D eigenvalue weighted by atomic mass is 32.2. The van der Waals surface area contributed by atoms with Crippen LogP contribution in [0.5, 0.6) is 5.75 Å². The summed E-state index contributed by atoms with van der Waals surface area (Å²) in [7, 11) is 0. The number of nitrogens with zero attached hydrogens (tertiary/aromatic N) is 1. The Kier molecular flexibility index (Phi) is 5.99. The fourth-order valence-electron chi connectivity index (χ4n) is 2.20. The predicted octanol–water partition coefficient (Wildman–Crippen LogP) is 3.88. The lowest BCUT2D eigenvalue weighted by molar-refractivity contribution is 0.210. The van der Waals surface area contributed by atoms with Crippen molar-refractivity contribution in [2.75, 3.05) is 11.9 Å². The van der Waals surface area contributed by atoms with E-state index in [4.69, 9.17) is 10.5 Å². The van der Waals surface area contributed by atoms with Crippen LogP contribution >= 0.6 is 11.8 Å². The second kappa shape index (κ2) is 7.98. The second-order valence-electron chi connectivity index (χ2n) is 5.25. The van der Waals surface area contributed by atoms with Crippen LogP contribution in [0.25, 0.3) is 0 Å². The fourth-order valence-corrected chi connectivity index (χ4v) is 2.71. The molecule has 0 unspecified atom stereocenters. The quantitative estimate of drug-likeness (QED) is 0.800. The van der Waals surface area contributed by atoms with Crippen LogP contribution < -0.4 is 15.8 Å². The Morgan fingerprint density at radius 2 is 2.33 bits per heavy atom. The van der Waals surface area contributed by atoms with Crippen molar-refractivity contribution >= 4 is 17.6 Å². The molecule has 1 aliphatic rings. The maximum absolute atomic E-state index is 6.04. The van der Waals surface area contributed by atoms with Gasteiger partial charge in [0.15, 0.2) is 11.6 Å². The van der Waals surface area contributed by atoms with Gasteiger partial charge in [0, 0.05) is 23.3 Å².